The van der Waals surface area contributed by atoms with Crippen LogP contribution >= 0.6 is 22.9 Å². The van der Waals surface area contributed by atoms with E-state index >= 15 is 0 Å². The average molecular weight is 389 g/mol. The van der Waals surface area contributed by atoms with Crippen molar-refractivity contribution >= 4 is 39.9 Å². The summed E-state index contributed by atoms with van der Waals surface area (Å²) in [5.74, 6) is -0.262. The number of nitrogens with zero attached hydrogens (tertiary/aromatic N) is 1. The molecule has 0 fully saturated rings. The molecule has 26 heavy (non-hydrogen) atoms. The highest BCUT2D eigenvalue weighted by molar-refractivity contribution is 7.16. The molecular weight excluding hydrogens is 371 g/mol. The molecule has 0 radical (unpaired) electrons. The van der Waals surface area contributed by atoms with Crippen LogP contribution in [-0.4, -0.2) is 5.91 Å². The van der Waals surface area contributed by atoms with Crippen LogP contribution < -0.4 is 5.32 Å². The lowest BCUT2D eigenvalue weighted by Crippen LogP contribution is -2.12. The fraction of sp³-hybridized carbons (Fsp3) is 0.300. The molecule has 0 bridgehead atoms. The molecule has 6 heteroatoms. The smallest absolute Gasteiger partial charge is 0.249 e. The number of rotatable bonds is 4. The number of thiophene rings is 1. The summed E-state index contributed by atoms with van der Waals surface area (Å²) in [6, 6.07) is 6.58. The fourth-order valence-corrected chi connectivity index (χ4v) is 4.73. The maximum Gasteiger partial charge on any atom is 0.249 e. The number of amides is 1. The van der Waals surface area contributed by atoms with Gasteiger partial charge < -0.3 is 5.32 Å². The third-order valence-electron chi connectivity index (χ3n) is 4.69. The molecule has 0 spiro atoms. The first-order chi connectivity index (χ1) is 12.5. The number of benzene rings is 1. The van der Waals surface area contributed by atoms with Gasteiger partial charge in [0, 0.05) is 16.5 Å². The van der Waals surface area contributed by atoms with Gasteiger partial charge in [-0.3, -0.25) is 4.79 Å². The zero-order valence-corrected chi connectivity index (χ0v) is 15.9. The van der Waals surface area contributed by atoms with Gasteiger partial charge in [-0.25, -0.2) is 4.39 Å². The summed E-state index contributed by atoms with van der Waals surface area (Å²) in [4.78, 5) is 13.4. The fourth-order valence-electron chi connectivity index (χ4n) is 3.19. The minimum absolute atomic E-state index is 0.168. The zero-order chi connectivity index (χ0) is 18.7. The topological polar surface area (TPSA) is 52.9 Å². The number of nitrogens with one attached hydrogen (secondary N) is 1. The van der Waals surface area contributed by atoms with Crippen molar-refractivity contribution in [3.05, 3.63) is 56.7 Å². The van der Waals surface area contributed by atoms with Gasteiger partial charge in [0.1, 0.15) is 16.9 Å². The quantitative estimate of drug-likeness (QED) is 0.695. The van der Waals surface area contributed by atoms with Gasteiger partial charge in [0.05, 0.1) is 10.6 Å². The Morgan fingerprint density at radius 3 is 3.04 bits per heavy atom. The van der Waals surface area contributed by atoms with Crippen molar-refractivity contribution < 1.29 is 9.18 Å². The number of halogens is 2. The summed E-state index contributed by atoms with van der Waals surface area (Å²) in [5.41, 5.74) is 1.80. The molecule has 1 aliphatic rings. The second-order valence-electron chi connectivity index (χ2n) is 6.29. The maximum atomic E-state index is 13.8. The van der Waals surface area contributed by atoms with E-state index in [9.17, 15) is 14.4 Å². The van der Waals surface area contributed by atoms with Crippen LogP contribution in [0.25, 0.3) is 6.08 Å². The van der Waals surface area contributed by atoms with E-state index in [1.807, 2.05) is 0 Å². The van der Waals surface area contributed by atoms with Gasteiger partial charge in [0.25, 0.3) is 0 Å². The number of carbonyl (C=O) groups is 1. The SMILES string of the molecule is CCC1CCc2c(sc(NC(=O)C=Cc3c(F)cccc3Cl)c2C#N)C1. The van der Waals surface area contributed by atoms with Crippen LogP contribution in [-0.2, 0) is 17.6 Å². The number of hydrogen-bond donors (Lipinski definition) is 1. The van der Waals surface area contributed by atoms with E-state index in [1.54, 1.807) is 6.07 Å². The van der Waals surface area contributed by atoms with Crippen LogP contribution in [0.4, 0.5) is 9.39 Å². The molecule has 1 N–H and O–H groups in total. The Balaban J connectivity index is 1.79. The molecule has 3 rings (SSSR count). The highest BCUT2D eigenvalue weighted by Crippen LogP contribution is 2.40. The molecule has 1 unspecified atom stereocenters. The Labute approximate surface area is 161 Å². The van der Waals surface area contributed by atoms with Gasteiger partial charge >= 0.3 is 0 Å². The minimum Gasteiger partial charge on any atom is -0.313 e. The first-order valence-corrected chi connectivity index (χ1v) is 9.70. The summed E-state index contributed by atoms with van der Waals surface area (Å²) in [7, 11) is 0. The second kappa shape index (κ2) is 8.03. The van der Waals surface area contributed by atoms with E-state index < -0.39 is 11.7 Å². The van der Waals surface area contributed by atoms with Crippen LogP contribution in [0.3, 0.4) is 0 Å². The largest absolute Gasteiger partial charge is 0.313 e. The lowest BCUT2D eigenvalue weighted by atomic mass is 9.86. The van der Waals surface area contributed by atoms with Gasteiger partial charge in [0.15, 0.2) is 0 Å². The van der Waals surface area contributed by atoms with Crippen LogP contribution in [0.2, 0.25) is 5.02 Å². The summed E-state index contributed by atoms with van der Waals surface area (Å²) in [5, 5.41) is 13.1. The van der Waals surface area contributed by atoms with Crippen molar-refractivity contribution in [2.24, 2.45) is 5.92 Å². The summed E-state index contributed by atoms with van der Waals surface area (Å²) in [6.45, 7) is 2.18. The van der Waals surface area contributed by atoms with Gasteiger partial charge in [0.2, 0.25) is 5.91 Å². The van der Waals surface area contributed by atoms with Crippen molar-refractivity contribution in [1.82, 2.24) is 0 Å². The summed E-state index contributed by atoms with van der Waals surface area (Å²) >= 11 is 7.43. The second-order valence-corrected chi connectivity index (χ2v) is 7.81. The summed E-state index contributed by atoms with van der Waals surface area (Å²) in [6.07, 6.45) is 6.62. The van der Waals surface area contributed by atoms with Crippen LogP contribution in [0.5, 0.6) is 0 Å². The predicted molar refractivity (Wildman–Crippen MR) is 104 cm³/mol. The molecule has 1 atom stereocenters. The Morgan fingerprint density at radius 1 is 1.54 bits per heavy atom. The third kappa shape index (κ3) is 3.82. The van der Waals surface area contributed by atoms with Crippen LogP contribution in [0, 0.1) is 23.1 Å². The highest BCUT2D eigenvalue weighted by Gasteiger charge is 2.25. The van der Waals surface area contributed by atoms with E-state index in [4.69, 9.17) is 11.6 Å². The van der Waals surface area contributed by atoms with Crippen LogP contribution in [0.1, 0.15) is 41.3 Å². The maximum absolute atomic E-state index is 13.8. The molecule has 0 aliphatic heterocycles. The lowest BCUT2D eigenvalue weighted by Gasteiger charge is -2.20. The number of hydrogen-bond acceptors (Lipinski definition) is 3. The Kier molecular flexibility index (Phi) is 5.75. The van der Waals surface area contributed by atoms with E-state index in [0.29, 0.717) is 16.5 Å². The van der Waals surface area contributed by atoms with Crippen molar-refractivity contribution in [3.8, 4) is 6.07 Å². The average Bonchev–Trinajstić information content (AvgIpc) is 2.97. The van der Waals surface area contributed by atoms with Gasteiger partial charge in [-0.1, -0.05) is 31.0 Å². The monoisotopic (exact) mass is 388 g/mol. The molecular formula is C20H18ClFN2OS. The first-order valence-electron chi connectivity index (χ1n) is 8.51. The third-order valence-corrected chi connectivity index (χ3v) is 6.19. The van der Waals surface area contributed by atoms with Crippen LogP contribution in [0.15, 0.2) is 24.3 Å². The van der Waals surface area contributed by atoms with E-state index in [1.165, 1.54) is 40.5 Å². The van der Waals surface area contributed by atoms with E-state index in [0.717, 1.165) is 31.2 Å². The molecule has 0 saturated heterocycles. The van der Waals surface area contributed by atoms with Crippen molar-refractivity contribution in [1.29, 1.82) is 5.26 Å². The molecule has 2 aromatic rings. The molecule has 1 aromatic heterocycles. The number of fused-ring (bicyclic) bond motifs is 1. The van der Waals surface area contributed by atoms with Crippen molar-refractivity contribution in [2.45, 2.75) is 32.6 Å². The zero-order valence-electron chi connectivity index (χ0n) is 14.3. The standard InChI is InChI=1S/C20H18ClFN2OS/c1-2-12-6-7-13-15(11-23)20(26-18(13)10-12)24-19(25)9-8-14-16(21)4-3-5-17(14)22/h3-5,8-9,12H,2,6-7,10H2,1H3,(H,24,25). The van der Waals surface area contributed by atoms with Crippen molar-refractivity contribution in [3.63, 3.8) is 0 Å². The highest BCUT2D eigenvalue weighted by atomic mass is 35.5. The van der Waals surface area contributed by atoms with Gasteiger partial charge in [-0.2, -0.15) is 5.26 Å². The molecule has 1 aromatic carbocycles. The lowest BCUT2D eigenvalue weighted by molar-refractivity contribution is -0.111. The molecule has 1 aliphatic carbocycles. The Hall–Kier alpha value is -2.16. The molecule has 1 heterocycles. The van der Waals surface area contributed by atoms with Gasteiger partial charge in [-0.05, 0) is 49.0 Å². The van der Waals surface area contributed by atoms with Gasteiger partial charge in [-0.15, -0.1) is 11.3 Å². The molecule has 3 nitrogen and oxygen atoms in total. The molecule has 134 valence electrons. The van der Waals surface area contributed by atoms with E-state index in [2.05, 4.69) is 18.3 Å². The number of anilines is 1. The van der Waals surface area contributed by atoms with E-state index in [-0.39, 0.29) is 10.6 Å². The normalized spacial score (nSPS) is 16.3. The molecule has 1 amide bonds. The number of nitriles is 1. The van der Waals surface area contributed by atoms with Crippen molar-refractivity contribution in [2.75, 3.05) is 5.32 Å². The minimum atomic E-state index is -0.489. The summed E-state index contributed by atoms with van der Waals surface area (Å²) < 4.78 is 13.8. The number of carbonyl (C=O) groups excluding carboxylic acids is 1. The Bertz CT molecular complexity index is 893. The molecule has 0 saturated carbocycles. The first kappa shape index (κ1) is 18.6. The predicted octanol–water partition coefficient (Wildman–Crippen LogP) is 5.58. The Morgan fingerprint density at radius 2 is 2.35 bits per heavy atom.